The van der Waals surface area contributed by atoms with Crippen LogP contribution in [0.1, 0.15) is 5.56 Å². The van der Waals surface area contributed by atoms with Crippen molar-refractivity contribution in [3.8, 4) is 6.07 Å². The molecule has 0 saturated carbocycles. The topological polar surface area (TPSA) is 43.2 Å². The summed E-state index contributed by atoms with van der Waals surface area (Å²) in [6.45, 7) is 3.81. The number of nitriles is 1. The van der Waals surface area contributed by atoms with E-state index in [1.165, 1.54) is 0 Å². The molecule has 0 aliphatic carbocycles. The number of aromatic nitrogens is 1. The van der Waals surface area contributed by atoms with Gasteiger partial charge in [-0.1, -0.05) is 0 Å². The third-order valence-electron chi connectivity index (χ3n) is 2.57. The van der Waals surface area contributed by atoms with E-state index in [9.17, 15) is 0 Å². The number of piperazine rings is 1. The highest BCUT2D eigenvalue weighted by Crippen LogP contribution is 2.13. The van der Waals surface area contributed by atoms with Crippen LogP contribution in [0.4, 0.5) is 5.82 Å². The molecule has 1 radical (unpaired) electrons. The van der Waals surface area contributed by atoms with Gasteiger partial charge in [-0.15, -0.1) is 0 Å². The van der Waals surface area contributed by atoms with Crippen molar-refractivity contribution in [1.82, 2.24) is 9.88 Å². The summed E-state index contributed by atoms with van der Waals surface area (Å²) in [6.07, 6.45) is 1.62. The van der Waals surface area contributed by atoms with Crippen LogP contribution in [0.2, 0.25) is 0 Å². The van der Waals surface area contributed by atoms with Crippen molar-refractivity contribution in [2.45, 2.75) is 0 Å². The van der Waals surface area contributed by atoms with Gasteiger partial charge in [0.05, 0.1) is 5.56 Å². The molecule has 0 spiro atoms. The summed E-state index contributed by atoms with van der Waals surface area (Å²) in [5, 5.41) is 8.66. The predicted molar refractivity (Wildman–Crippen MR) is 58.1 cm³/mol. The Morgan fingerprint density at radius 2 is 2.00 bits per heavy atom. The summed E-state index contributed by atoms with van der Waals surface area (Å²) in [6, 6.07) is 5.77. The summed E-state index contributed by atoms with van der Waals surface area (Å²) in [4.78, 5) is 8.53. The number of rotatable bonds is 1. The third kappa shape index (κ3) is 2.25. The second-order valence-electron chi connectivity index (χ2n) is 3.62. The van der Waals surface area contributed by atoms with Gasteiger partial charge >= 0.3 is 0 Å². The molecule has 0 amide bonds. The Morgan fingerprint density at radius 3 is 2.53 bits per heavy atom. The zero-order valence-corrected chi connectivity index (χ0v) is 8.56. The first-order valence-corrected chi connectivity index (χ1v) is 4.96. The highest BCUT2D eigenvalue weighted by atomic mass is 15.3. The van der Waals surface area contributed by atoms with Crippen molar-refractivity contribution < 1.29 is 0 Å². The summed E-state index contributed by atoms with van der Waals surface area (Å²) in [7, 11) is 3.90. The molecule has 2 rings (SSSR count). The smallest absolute Gasteiger partial charge is 0.128 e. The van der Waals surface area contributed by atoms with E-state index in [0.717, 1.165) is 32.0 Å². The lowest BCUT2D eigenvalue weighted by Crippen LogP contribution is -2.43. The fourth-order valence-electron chi connectivity index (χ4n) is 1.62. The van der Waals surface area contributed by atoms with Crippen molar-refractivity contribution in [3.63, 3.8) is 0 Å². The number of hydrogen-bond acceptors (Lipinski definition) is 4. The van der Waals surface area contributed by atoms with Crippen LogP contribution in [0.3, 0.4) is 0 Å². The molecular formula is C11H13N4. The Balaban J connectivity index is 2.07. The quantitative estimate of drug-likeness (QED) is 0.676. The fourth-order valence-corrected chi connectivity index (χ4v) is 1.62. The van der Waals surface area contributed by atoms with Crippen LogP contribution in [0.15, 0.2) is 18.3 Å². The van der Waals surface area contributed by atoms with Crippen LogP contribution >= 0.6 is 0 Å². The Morgan fingerprint density at radius 1 is 1.27 bits per heavy atom. The van der Waals surface area contributed by atoms with Gasteiger partial charge in [0.1, 0.15) is 11.9 Å². The molecule has 2 heterocycles. The third-order valence-corrected chi connectivity index (χ3v) is 2.57. The maximum absolute atomic E-state index is 8.66. The van der Waals surface area contributed by atoms with Crippen LogP contribution in [-0.2, 0) is 0 Å². The molecule has 1 aromatic rings. The standard InChI is InChI=1S/C11H13N4/c1-14-4-6-15(7-5-14)11-3-2-10(8-12)9-13-11/h2-3,9H,1,4-7H2. The zero-order valence-electron chi connectivity index (χ0n) is 8.56. The van der Waals surface area contributed by atoms with E-state index >= 15 is 0 Å². The lowest BCUT2D eigenvalue weighted by molar-refractivity contribution is 0.343. The molecule has 1 aliphatic rings. The monoisotopic (exact) mass is 201 g/mol. The van der Waals surface area contributed by atoms with Gasteiger partial charge in [-0.3, -0.25) is 4.90 Å². The Hall–Kier alpha value is -1.60. The number of pyridine rings is 1. The van der Waals surface area contributed by atoms with E-state index in [-0.39, 0.29) is 0 Å². The predicted octanol–water partition coefficient (Wildman–Crippen LogP) is 0.867. The van der Waals surface area contributed by atoms with Crippen molar-refractivity contribution in [2.75, 3.05) is 31.1 Å². The average molecular weight is 201 g/mol. The second-order valence-corrected chi connectivity index (χ2v) is 3.62. The number of nitrogens with zero attached hydrogens (tertiary/aromatic N) is 4. The van der Waals surface area contributed by atoms with Gasteiger partial charge in [0.25, 0.3) is 0 Å². The van der Waals surface area contributed by atoms with E-state index in [2.05, 4.69) is 27.9 Å². The van der Waals surface area contributed by atoms with Crippen LogP contribution in [0.5, 0.6) is 0 Å². The van der Waals surface area contributed by atoms with Gasteiger partial charge in [-0.2, -0.15) is 5.26 Å². The van der Waals surface area contributed by atoms with Crippen LogP contribution in [-0.4, -0.2) is 36.1 Å². The molecule has 4 heteroatoms. The van der Waals surface area contributed by atoms with Crippen molar-refractivity contribution in [3.05, 3.63) is 30.9 Å². The van der Waals surface area contributed by atoms with Crippen LogP contribution < -0.4 is 4.90 Å². The van der Waals surface area contributed by atoms with E-state index < -0.39 is 0 Å². The molecule has 1 aliphatic heterocycles. The minimum atomic E-state index is 0.606. The molecule has 0 bridgehead atoms. The molecule has 0 aromatic carbocycles. The minimum Gasteiger partial charge on any atom is -0.354 e. The largest absolute Gasteiger partial charge is 0.354 e. The molecule has 4 nitrogen and oxygen atoms in total. The number of hydrogen-bond donors (Lipinski definition) is 0. The van der Waals surface area contributed by atoms with Crippen molar-refractivity contribution in [1.29, 1.82) is 5.26 Å². The maximum Gasteiger partial charge on any atom is 0.128 e. The Kier molecular flexibility index (Phi) is 2.84. The lowest BCUT2D eigenvalue weighted by Gasteiger charge is -2.32. The Bertz CT molecular complexity index is 357. The molecule has 0 unspecified atom stereocenters. The van der Waals surface area contributed by atoms with Gasteiger partial charge in [-0.05, 0) is 12.1 Å². The second kappa shape index (κ2) is 4.28. The van der Waals surface area contributed by atoms with Crippen LogP contribution in [0, 0.1) is 18.4 Å². The van der Waals surface area contributed by atoms with Gasteiger partial charge in [0.2, 0.25) is 0 Å². The normalized spacial score (nSPS) is 17.5. The molecular weight excluding hydrogens is 188 g/mol. The molecule has 15 heavy (non-hydrogen) atoms. The minimum absolute atomic E-state index is 0.606. The van der Waals surface area contributed by atoms with Gasteiger partial charge in [0.15, 0.2) is 0 Å². The van der Waals surface area contributed by atoms with E-state index in [1.807, 2.05) is 6.07 Å². The summed E-state index contributed by atoms with van der Waals surface area (Å²) in [5.41, 5.74) is 0.606. The highest BCUT2D eigenvalue weighted by Gasteiger charge is 2.14. The first-order valence-electron chi connectivity index (χ1n) is 4.96. The van der Waals surface area contributed by atoms with Gasteiger partial charge < -0.3 is 4.90 Å². The Labute approximate surface area is 89.7 Å². The van der Waals surface area contributed by atoms with E-state index in [4.69, 9.17) is 5.26 Å². The van der Waals surface area contributed by atoms with Crippen molar-refractivity contribution >= 4 is 5.82 Å². The molecule has 1 aromatic heterocycles. The fraction of sp³-hybridized carbons (Fsp3) is 0.364. The zero-order chi connectivity index (χ0) is 10.7. The summed E-state index contributed by atoms with van der Waals surface area (Å²) >= 11 is 0. The van der Waals surface area contributed by atoms with E-state index in [1.54, 1.807) is 12.3 Å². The van der Waals surface area contributed by atoms with Gasteiger partial charge in [0, 0.05) is 39.4 Å². The molecule has 0 atom stereocenters. The molecule has 0 N–H and O–H groups in total. The molecule has 77 valence electrons. The lowest BCUT2D eigenvalue weighted by atomic mass is 10.3. The first-order chi connectivity index (χ1) is 7.29. The van der Waals surface area contributed by atoms with Crippen molar-refractivity contribution in [2.24, 2.45) is 0 Å². The molecule has 1 fully saturated rings. The first kappa shape index (κ1) is 9.94. The highest BCUT2D eigenvalue weighted by molar-refractivity contribution is 5.42. The molecule has 1 saturated heterocycles. The number of anilines is 1. The SMILES string of the molecule is [CH2]N1CCN(c2ccc(C#N)cn2)CC1. The summed E-state index contributed by atoms with van der Waals surface area (Å²) in [5.74, 6) is 0.946. The average Bonchev–Trinajstić information content (AvgIpc) is 2.30. The van der Waals surface area contributed by atoms with Crippen LogP contribution in [0.25, 0.3) is 0 Å². The maximum atomic E-state index is 8.66. The van der Waals surface area contributed by atoms with E-state index in [0.29, 0.717) is 5.56 Å². The van der Waals surface area contributed by atoms with Gasteiger partial charge in [-0.25, -0.2) is 4.98 Å². The summed E-state index contributed by atoms with van der Waals surface area (Å²) < 4.78 is 0.